The predicted molar refractivity (Wildman–Crippen MR) is 78.0 cm³/mol. The molecule has 0 heterocycles. The van der Waals surface area contributed by atoms with E-state index in [0.717, 1.165) is 12.8 Å². The van der Waals surface area contributed by atoms with Crippen LogP contribution in [0.2, 0.25) is 0 Å². The number of benzene rings is 1. The lowest BCUT2D eigenvalue weighted by Gasteiger charge is -2.14. The molecule has 0 bridgehead atoms. The van der Waals surface area contributed by atoms with Crippen molar-refractivity contribution < 1.29 is 9.90 Å². The third kappa shape index (κ3) is 6.39. The molecular formula is C16H25NO2. The van der Waals surface area contributed by atoms with Gasteiger partial charge in [0.15, 0.2) is 0 Å². The van der Waals surface area contributed by atoms with Crippen LogP contribution in [-0.2, 0) is 11.2 Å². The second-order valence-corrected chi connectivity index (χ2v) is 5.45. The lowest BCUT2D eigenvalue weighted by Crippen LogP contribution is -2.34. The van der Waals surface area contributed by atoms with Crippen LogP contribution in [0.15, 0.2) is 24.3 Å². The van der Waals surface area contributed by atoms with Crippen molar-refractivity contribution in [2.24, 2.45) is 5.92 Å². The summed E-state index contributed by atoms with van der Waals surface area (Å²) in [4.78, 5) is 11.6. The monoisotopic (exact) mass is 263 g/mol. The quantitative estimate of drug-likeness (QED) is 0.794. The van der Waals surface area contributed by atoms with Gasteiger partial charge in [0.05, 0.1) is 6.10 Å². The van der Waals surface area contributed by atoms with Crippen LogP contribution >= 0.6 is 0 Å². The van der Waals surface area contributed by atoms with Gasteiger partial charge in [-0.1, -0.05) is 43.7 Å². The van der Waals surface area contributed by atoms with Crippen LogP contribution in [0.3, 0.4) is 0 Å². The summed E-state index contributed by atoms with van der Waals surface area (Å²) in [5.74, 6) is 0.194. The number of hydrogen-bond donors (Lipinski definition) is 2. The lowest BCUT2D eigenvalue weighted by atomic mass is 10.1. The third-order valence-electron chi connectivity index (χ3n) is 3.27. The van der Waals surface area contributed by atoms with Gasteiger partial charge in [-0.3, -0.25) is 4.79 Å². The number of nitrogens with one attached hydrogen (secondary N) is 1. The molecule has 3 nitrogen and oxygen atoms in total. The average molecular weight is 263 g/mol. The third-order valence-corrected chi connectivity index (χ3v) is 3.27. The fourth-order valence-electron chi connectivity index (χ4n) is 1.75. The first-order valence-electron chi connectivity index (χ1n) is 6.99. The molecule has 2 N–H and O–H groups in total. The zero-order valence-corrected chi connectivity index (χ0v) is 12.1. The van der Waals surface area contributed by atoms with E-state index in [1.165, 1.54) is 11.1 Å². The van der Waals surface area contributed by atoms with Gasteiger partial charge in [-0.25, -0.2) is 0 Å². The highest BCUT2D eigenvalue weighted by atomic mass is 16.3. The van der Waals surface area contributed by atoms with Crippen molar-refractivity contribution in [3.63, 3.8) is 0 Å². The van der Waals surface area contributed by atoms with E-state index in [1.54, 1.807) is 0 Å². The smallest absolute Gasteiger partial charge is 0.220 e. The van der Waals surface area contributed by atoms with Crippen molar-refractivity contribution in [3.05, 3.63) is 35.4 Å². The molecule has 0 spiro atoms. The summed E-state index contributed by atoms with van der Waals surface area (Å²) in [5.41, 5.74) is 2.52. The Kier molecular flexibility index (Phi) is 6.57. The minimum absolute atomic E-state index is 0.0202. The molecule has 1 rings (SSSR count). The van der Waals surface area contributed by atoms with E-state index in [4.69, 9.17) is 0 Å². The van der Waals surface area contributed by atoms with Crippen molar-refractivity contribution >= 4 is 5.91 Å². The summed E-state index contributed by atoms with van der Waals surface area (Å²) >= 11 is 0. The second kappa shape index (κ2) is 7.95. The average Bonchev–Trinajstić information content (AvgIpc) is 2.38. The number of aliphatic hydroxyl groups is 1. The zero-order valence-electron chi connectivity index (χ0n) is 12.1. The van der Waals surface area contributed by atoms with Crippen LogP contribution in [0.5, 0.6) is 0 Å². The van der Waals surface area contributed by atoms with Crippen molar-refractivity contribution in [1.82, 2.24) is 5.32 Å². The van der Waals surface area contributed by atoms with Crippen molar-refractivity contribution in [1.29, 1.82) is 0 Å². The van der Waals surface area contributed by atoms with E-state index < -0.39 is 6.10 Å². The van der Waals surface area contributed by atoms with Gasteiger partial charge in [0.2, 0.25) is 5.91 Å². The number of amides is 1. The number of carbonyl (C=O) groups is 1. The van der Waals surface area contributed by atoms with E-state index >= 15 is 0 Å². The highest BCUT2D eigenvalue weighted by Gasteiger charge is 2.10. The van der Waals surface area contributed by atoms with Gasteiger partial charge in [-0.15, -0.1) is 0 Å². The first-order valence-corrected chi connectivity index (χ1v) is 6.99. The molecule has 1 aromatic carbocycles. The first kappa shape index (κ1) is 15.7. The van der Waals surface area contributed by atoms with Crippen LogP contribution in [0.4, 0.5) is 0 Å². The Hall–Kier alpha value is -1.35. The number of carbonyl (C=O) groups excluding carboxylic acids is 1. The fourth-order valence-corrected chi connectivity index (χ4v) is 1.75. The predicted octanol–water partition coefficient (Wildman–Crippen LogP) is 2.45. The van der Waals surface area contributed by atoms with Gasteiger partial charge >= 0.3 is 0 Å². The molecule has 1 amide bonds. The molecular weight excluding hydrogens is 238 g/mol. The van der Waals surface area contributed by atoms with Crippen LogP contribution < -0.4 is 5.32 Å². The van der Waals surface area contributed by atoms with Gasteiger partial charge in [0.25, 0.3) is 0 Å². The molecule has 1 aromatic rings. The Bertz CT molecular complexity index is 384. The maximum Gasteiger partial charge on any atom is 0.220 e. The van der Waals surface area contributed by atoms with E-state index in [9.17, 15) is 9.90 Å². The first-order chi connectivity index (χ1) is 8.99. The zero-order chi connectivity index (χ0) is 14.3. The lowest BCUT2D eigenvalue weighted by molar-refractivity contribution is -0.121. The highest BCUT2D eigenvalue weighted by Crippen LogP contribution is 2.07. The Morgan fingerprint density at radius 3 is 2.47 bits per heavy atom. The summed E-state index contributed by atoms with van der Waals surface area (Å²) in [6, 6.07) is 8.40. The molecule has 1 atom stereocenters. The van der Waals surface area contributed by atoms with E-state index in [1.807, 2.05) is 13.8 Å². The molecule has 0 saturated carbocycles. The molecule has 0 aliphatic carbocycles. The summed E-state index contributed by atoms with van der Waals surface area (Å²) < 4.78 is 0. The number of aryl methyl sites for hydroxylation is 2. The van der Waals surface area contributed by atoms with E-state index in [2.05, 4.69) is 36.5 Å². The fraction of sp³-hybridized carbons (Fsp3) is 0.562. The molecule has 0 aliphatic rings. The summed E-state index contributed by atoms with van der Waals surface area (Å²) in [6.45, 7) is 6.29. The van der Waals surface area contributed by atoms with E-state index in [-0.39, 0.29) is 11.8 Å². The molecule has 106 valence electrons. The molecule has 3 heteroatoms. The molecule has 0 fully saturated rings. The van der Waals surface area contributed by atoms with Crippen molar-refractivity contribution in [2.75, 3.05) is 6.54 Å². The van der Waals surface area contributed by atoms with Crippen LogP contribution in [0.1, 0.15) is 37.8 Å². The van der Waals surface area contributed by atoms with Crippen molar-refractivity contribution in [2.45, 2.75) is 46.1 Å². The second-order valence-electron chi connectivity index (χ2n) is 5.45. The minimum atomic E-state index is -0.457. The molecule has 19 heavy (non-hydrogen) atoms. The Morgan fingerprint density at radius 1 is 1.26 bits per heavy atom. The van der Waals surface area contributed by atoms with Gasteiger partial charge in [0, 0.05) is 13.0 Å². The Morgan fingerprint density at radius 2 is 1.89 bits per heavy atom. The van der Waals surface area contributed by atoms with Crippen LogP contribution in [0, 0.1) is 12.8 Å². The number of hydrogen-bond acceptors (Lipinski definition) is 2. The normalized spacial score (nSPS) is 12.5. The van der Waals surface area contributed by atoms with E-state index in [0.29, 0.717) is 13.0 Å². The summed E-state index contributed by atoms with van der Waals surface area (Å²) in [5, 5.41) is 12.4. The number of aliphatic hydroxyl groups excluding tert-OH is 1. The van der Waals surface area contributed by atoms with Crippen LogP contribution in [0.25, 0.3) is 0 Å². The molecule has 0 aliphatic heterocycles. The minimum Gasteiger partial charge on any atom is -0.391 e. The van der Waals surface area contributed by atoms with Gasteiger partial charge in [-0.2, -0.15) is 0 Å². The summed E-state index contributed by atoms with van der Waals surface area (Å²) in [6.07, 6.45) is 1.81. The topological polar surface area (TPSA) is 49.3 Å². The Balaban J connectivity index is 2.18. The molecule has 0 radical (unpaired) electrons. The molecule has 0 saturated heterocycles. The van der Waals surface area contributed by atoms with Crippen LogP contribution in [-0.4, -0.2) is 23.7 Å². The maximum absolute atomic E-state index is 11.6. The maximum atomic E-state index is 11.6. The van der Waals surface area contributed by atoms with Gasteiger partial charge < -0.3 is 10.4 Å². The SMILES string of the molecule is Cc1ccc(CCCC(=O)NCC(O)C(C)C)cc1. The standard InChI is InChI=1S/C16H25NO2/c1-12(2)15(18)11-17-16(19)6-4-5-14-9-7-13(3)8-10-14/h7-10,12,15,18H,4-6,11H2,1-3H3,(H,17,19). The molecule has 1 unspecified atom stereocenters. The van der Waals surface area contributed by atoms with Gasteiger partial charge in [-0.05, 0) is 31.2 Å². The largest absolute Gasteiger partial charge is 0.391 e. The van der Waals surface area contributed by atoms with Gasteiger partial charge in [0.1, 0.15) is 0 Å². The highest BCUT2D eigenvalue weighted by molar-refractivity contribution is 5.75. The Labute approximate surface area is 116 Å². The van der Waals surface area contributed by atoms with Crippen molar-refractivity contribution in [3.8, 4) is 0 Å². The summed E-state index contributed by atoms with van der Waals surface area (Å²) in [7, 11) is 0. The number of rotatable bonds is 7. The molecule has 0 aromatic heterocycles.